The number of nitrogens with one attached hydrogen (secondary N) is 1. The molecule has 0 aromatic carbocycles. The molecule has 5 heteroatoms. The molecule has 4 nitrogen and oxygen atoms in total. The van der Waals surface area contributed by atoms with Gasteiger partial charge >= 0.3 is 0 Å². The average Bonchev–Trinajstić information content (AvgIpc) is 2.87. The second-order valence-electron chi connectivity index (χ2n) is 3.77. The van der Waals surface area contributed by atoms with Crippen molar-refractivity contribution >= 4 is 17.2 Å². The van der Waals surface area contributed by atoms with Crippen molar-refractivity contribution in [3.8, 4) is 6.07 Å². The number of rotatable bonds is 5. The average molecular weight is 258 g/mol. The minimum absolute atomic E-state index is 0.433. The Morgan fingerprint density at radius 3 is 3.06 bits per heavy atom. The lowest BCUT2D eigenvalue weighted by molar-refractivity contribution is 0.985. The Hall–Kier alpha value is -1.93. The van der Waals surface area contributed by atoms with E-state index in [0.29, 0.717) is 5.69 Å². The summed E-state index contributed by atoms with van der Waals surface area (Å²) in [6.45, 7) is 2.91. The van der Waals surface area contributed by atoms with Crippen LogP contribution in [0.2, 0.25) is 0 Å². The zero-order chi connectivity index (χ0) is 12.8. The molecule has 1 N–H and O–H groups in total. The summed E-state index contributed by atoms with van der Waals surface area (Å²) in [4.78, 5) is 9.83. The highest BCUT2D eigenvalue weighted by atomic mass is 32.1. The highest BCUT2D eigenvalue weighted by Crippen LogP contribution is 2.14. The maximum atomic E-state index is 8.75. The number of nitrogens with zero attached hydrogens (tertiary/aromatic N) is 3. The highest BCUT2D eigenvalue weighted by Gasteiger charge is 2.01. The van der Waals surface area contributed by atoms with Gasteiger partial charge in [-0.25, -0.2) is 9.97 Å². The summed E-state index contributed by atoms with van der Waals surface area (Å²) < 4.78 is 0. The largest absolute Gasteiger partial charge is 0.370 e. The monoisotopic (exact) mass is 258 g/mol. The minimum atomic E-state index is 0.433. The van der Waals surface area contributed by atoms with Gasteiger partial charge in [0.1, 0.15) is 17.6 Å². The van der Waals surface area contributed by atoms with Crippen LogP contribution in [-0.2, 0) is 12.8 Å². The zero-order valence-corrected chi connectivity index (χ0v) is 11.0. The zero-order valence-electron chi connectivity index (χ0n) is 10.2. The van der Waals surface area contributed by atoms with Crippen molar-refractivity contribution < 1.29 is 0 Å². The number of nitriles is 1. The molecule has 2 aromatic heterocycles. The molecule has 0 bridgehead atoms. The molecule has 2 aromatic rings. The number of aromatic nitrogens is 2. The molecule has 0 aliphatic carbocycles. The molecule has 0 fully saturated rings. The summed E-state index contributed by atoms with van der Waals surface area (Å²) in [6.07, 6.45) is 3.86. The molecule has 0 saturated heterocycles. The standard InChI is InChI=1S/C13H14N4S/c1-2-11-9-16-13(18-11)6-7-15-12-5-3-4-10(8-14)17-12/h3-5,9H,2,6-7H2,1H3,(H,15,17). The molecule has 0 aliphatic heterocycles. The molecule has 2 heterocycles. The third-order valence-electron chi connectivity index (χ3n) is 2.46. The summed E-state index contributed by atoms with van der Waals surface area (Å²) >= 11 is 1.75. The second-order valence-corrected chi connectivity index (χ2v) is 4.97. The number of pyridine rings is 1. The van der Waals surface area contributed by atoms with E-state index in [2.05, 4.69) is 22.2 Å². The van der Waals surface area contributed by atoms with Crippen LogP contribution in [-0.4, -0.2) is 16.5 Å². The van der Waals surface area contributed by atoms with E-state index >= 15 is 0 Å². The van der Waals surface area contributed by atoms with Crippen molar-refractivity contribution in [1.29, 1.82) is 5.26 Å². The van der Waals surface area contributed by atoms with E-state index in [1.54, 1.807) is 17.4 Å². The van der Waals surface area contributed by atoms with Crippen LogP contribution >= 0.6 is 11.3 Å². The molecule has 0 saturated carbocycles. The number of hydrogen-bond acceptors (Lipinski definition) is 5. The van der Waals surface area contributed by atoms with E-state index in [-0.39, 0.29) is 0 Å². The van der Waals surface area contributed by atoms with Gasteiger partial charge in [0.05, 0.1) is 5.01 Å². The molecule has 0 spiro atoms. The molecule has 0 amide bonds. The first kappa shape index (κ1) is 12.5. The Kier molecular flexibility index (Phi) is 4.26. The lowest BCUT2D eigenvalue weighted by Gasteiger charge is -2.03. The topological polar surface area (TPSA) is 61.6 Å². The quantitative estimate of drug-likeness (QED) is 0.895. The van der Waals surface area contributed by atoms with E-state index in [4.69, 9.17) is 5.26 Å². The Morgan fingerprint density at radius 2 is 2.33 bits per heavy atom. The molecule has 18 heavy (non-hydrogen) atoms. The summed E-state index contributed by atoms with van der Waals surface area (Å²) in [7, 11) is 0. The van der Waals surface area contributed by atoms with Gasteiger partial charge in [-0.15, -0.1) is 11.3 Å². The van der Waals surface area contributed by atoms with Gasteiger partial charge in [-0.3, -0.25) is 0 Å². The maximum Gasteiger partial charge on any atom is 0.142 e. The van der Waals surface area contributed by atoms with Crippen molar-refractivity contribution in [2.75, 3.05) is 11.9 Å². The SMILES string of the molecule is CCc1cnc(CCNc2cccc(C#N)n2)s1. The summed E-state index contributed by atoms with van der Waals surface area (Å²) in [5.41, 5.74) is 0.433. The summed E-state index contributed by atoms with van der Waals surface area (Å²) in [6, 6.07) is 7.41. The number of thiazole rings is 1. The lowest BCUT2D eigenvalue weighted by atomic mass is 10.3. The van der Waals surface area contributed by atoms with Crippen molar-refractivity contribution in [3.63, 3.8) is 0 Å². The molecule has 92 valence electrons. The molecule has 0 unspecified atom stereocenters. The molecular weight excluding hydrogens is 244 g/mol. The van der Waals surface area contributed by atoms with Crippen LogP contribution in [0.5, 0.6) is 0 Å². The summed E-state index contributed by atoms with van der Waals surface area (Å²) in [5, 5.41) is 13.1. The number of aryl methyl sites for hydroxylation is 1. The fraction of sp³-hybridized carbons (Fsp3) is 0.308. The van der Waals surface area contributed by atoms with E-state index in [9.17, 15) is 0 Å². The Bertz CT molecular complexity index is 556. The third-order valence-corrected chi connectivity index (χ3v) is 3.66. The van der Waals surface area contributed by atoms with Crippen molar-refractivity contribution in [3.05, 3.63) is 40.0 Å². The Balaban J connectivity index is 1.86. The fourth-order valence-corrected chi connectivity index (χ4v) is 2.38. The van der Waals surface area contributed by atoms with Gasteiger partial charge in [-0.2, -0.15) is 5.26 Å². The first-order valence-corrected chi connectivity index (χ1v) is 6.68. The Morgan fingerprint density at radius 1 is 1.44 bits per heavy atom. The van der Waals surface area contributed by atoms with Crippen LogP contribution in [0.25, 0.3) is 0 Å². The maximum absolute atomic E-state index is 8.75. The van der Waals surface area contributed by atoms with Gasteiger partial charge in [0.15, 0.2) is 0 Å². The van der Waals surface area contributed by atoms with Gasteiger partial charge in [-0.05, 0) is 18.6 Å². The second kappa shape index (κ2) is 6.12. The van der Waals surface area contributed by atoms with Crippen LogP contribution in [0.15, 0.2) is 24.4 Å². The minimum Gasteiger partial charge on any atom is -0.370 e. The van der Waals surface area contributed by atoms with E-state index in [0.717, 1.165) is 30.2 Å². The van der Waals surface area contributed by atoms with Crippen molar-refractivity contribution in [1.82, 2.24) is 9.97 Å². The first-order chi connectivity index (χ1) is 8.81. The molecule has 0 atom stereocenters. The van der Waals surface area contributed by atoms with Crippen molar-refractivity contribution in [2.24, 2.45) is 0 Å². The number of hydrogen-bond donors (Lipinski definition) is 1. The van der Waals surface area contributed by atoms with E-state index < -0.39 is 0 Å². The van der Waals surface area contributed by atoms with Crippen LogP contribution in [0.1, 0.15) is 22.5 Å². The van der Waals surface area contributed by atoms with Gasteiger partial charge in [0.2, 0.25) is 0 Å². The normalized spacial score (nSPS) is 10.0. The van der Waals surface area contributed by atoms with Crippen LogP contribution in [0.3, 0.4) is 0 Å². The molecular formula is C13H14N4S. The predicted octanol–water partition coefficient (Wildman–Crippen LogP) is 2.63. The Labute approximate surface area is 110 Å². The van der Waals surface area contributed by atoms with Gasteiger partial charge in [0.25, 0.3) is 0 Å². The van der Waals surface area contributed by atoms with Gasteiger partial charge < -0.3 is 5.32 Å². The molecule has 2 rings (SSSR count). The lowest BCUT2D eigenvalue weighted by Crippen LogP contribution is -2.06. The predicted molar refractivity (Wildman–Crippen MR) is 72.6 cm³/mol. The van der Waals surface area contributed by atoms with E-state index in [1.807, 2.05) is 24.4 Å². The van der Waals surface area contributed by atoms with Crippen LogP contribution in [0.4, 0.5) is 5.82 Å². The highest BCUT2D eigenvalue weighted by molar-refractivity contribution is 7.11. The van der Waals surface area contributed by atoms with Gasteiger partial charge in [0, 0.05) is 24.0 Å². The smallest absolute Gasteiger partial charge is 0.142 e. The summed E-state index contributed by atoms with van der Waals surface area (Å²) in [5.74, 6) is 0.737. The molecule has 0 aliphatic rings. The molecule has 0 radical (unpaired) electrons. The van der Waals surface area contributed by atoms with Crippen LogP contribution < -0.4 is 5.32 Å². The van der Waals surface area contributed by atoms with E-state index in [1.165, 1.54) is 4.88 Å². The third kappa shape index (κ3) is 3.28. The first-order valence-electron chi connectivity index (χ1n) is 5.86. The van der Waals surface area contributed by atoms with Crippen LogP contribution in [0, 0.1) is 11.3 Å². The number of anilines is 1. The van der Waals surface area contributed by atoms with Crippen molar-refractivity contribution in [2.45, 2.75) is 19.8 Å². The van der Waals surface area contributed by atoms with Gasteiger partial charge in [-0.1, -0.05) is 13.0 Å². The fourth-order valence-electron chi connectivity index (χ4n) is 1.52.